The number of hydrogen-bond acceptors (Lipinski definition) is 3. The van der Waals surface area contributed by atoms with Gasteiger partial charge in [0.2, 0.25) is 0 Å². The molecule has 2 unspecified atom stereocenters. The highest BCUT2D eigenvalue weighted by atomic mass is 35.5. The topological polar surface area (TPSA) is 24.5 Å². The van der Waals surface area contributed by atoms with Crippen LogP contribution in [0.5, 0.6) is 0 Å². The van der Waals surface area contributed by atoms with Gasteiger partial charge in [-0.15, -0.1) is 0 Å². The van der Waals surface area contributed by atoms with Crippen LogP contribution in [0.2, 0.25) is 5.02 Å². The Morgan fingerprint density at radius 2 is 2.28 bits per heavy atom. The molecule has 0 bridgehead atoms. The number of rotatable bonds is 4. The number of benzene rings is 1. The van der Waals surface area contributed by atoms with E-state index in [-0.39, 0.29) is 6.10 Å². The lowest BCUT2D eigenvalue weighted by molar-refractivity contribution is 0.118. The van der Waals surface area contributed by atoms with Crippen LogP contribution >= 0.6 is 11.6 Å². The van der Waals surface area contributed by atoms with E-state index in [0.717, 1.165) is 30.3 Å². The predicted octanol–water partition coefficient (Wildman–Crippen LogP) is 2.67. The van der Waals surface area contributed by atoms with Crippen LogP contribution in [0.15, 0.2) is 18.2 Å². The summed E-state index contributed by atoms with van der Waals surface area (Å²) in [6.45, 7) is 3.80. The predicted molar refractivity (Wildman–Crippen MR) is 76.4 cm³/mol. The second-order valence-electron chi connectivity index (χ2n) is 4.86. The zero-order chi connectivity index (χ0) is 13.1. The van der Waals surface area contributed by atoms with Crippen LogP contribution in [0.4, 0.5) is 5.69 Å². The molecule has 1 aliphatic heterocycles. The van der Waals surface area contributed by atoms with Gasteiger partial charge in [-0.25, -0.2) is 0 Å². The number of nitrogens with one attached hydrogen (secondary N) is 1. The van der Waals surface area contributed by atoms with Gasteiger partial charge in [-0.05, 0) is 38.1 Å². The molecule has 1 saturated heterocycles. The molecule has 100 valence electrons. The SMILES string of the molecule is CNCc1ccc(N(C)C2CCOC2C)c(Cl)c1. The van der Waals surface area contributed by atoms with E-state index in [9.17, 15) is 0 Å². The van der Waals surface area contributed by atoms with E-state index in [1.165, 1.54) is 5.56 Å². The number of nitrogens with zero attached hydrogens (tertiary/aromatic N) is 1. The van der Waals surface area contributed by atoms with Crippen molar-refractivity contribution in [3.05, 3.63) is 28.8 Å². The minimum Gasteiger partial charge on any atom is -0.376 e. The first-order valence-corrected chi connectivity index (χ1v) is 6.78. The summed E-state index contributed by atoms with van der Waals surface area (Å²) in [7, 11) is 4.03. The first kappa shape index (κ1) is 13.7. The van der Waals surface area contributed by atoms with Crippen LogP contribution in [0, 0.1) is 0 Å². The third kappa shape index (κ3) is 2.79. The summed E-state index contributed by atoms with van der Waals surface area (Å²) in [5.74, 6) is 0. The summed E-state index contributed by atoms with van der Waals surface area (Å²) < 4.78 is 5.62. The van der Waals surface area contributed by atoms with Crippen molar-refractivity contribution >= 4 is 17.3 Å². The van der Waals surface area contributed by atoms with Crippen molar-refractivity contribution in [2.45, 2.75) is 32.0 Å². The Labute approximate surface area is 114 Å². The van der Waals surface area contributed by atoms with E-state index < -0.39 is 0 Å². The molecule has 1 fully saturated rings. The molecule has 2 rings (SSSR count). The summed E-state index contributed by atoms with van der Waals surface area (Å²) in [5.41, 5.74) is 2.29. The number of anilines is 1. The quantitative estimate of drug-likeness (QED) is 0.909. The van der Waals surface area contributed by atoms with Gasteiger partial charge < -0.3 is 15.0 Å². The highest BCUT2D eigenvalue weighted by Crippen LogP contribution is 2.31. The van der Waals surface area contributed by atoms with Gasteiger partial charge in [-0.1, -0.05) is 17.7 Å². The summed E-state index contributed by atoms with van der Waals surface area (Å²) in [5, 5.41) is 3.94. The van der Waals surface area contributed by atoms with Crippen LogP contribution in [-0.4, -0.2) is 32.8 Å². The Kier molecular flexibility index (Phi) is 4.49. The Morgan fingerprint density at radius 1 is 1.50 bits per heavy atom. The minimum absolute atomic E-state index is 0.267. The fourth-order valence-electron chi connectivity index (χ4n) is 2.56. The van der Waals surface area contributed by atoms with E-state index in [0.29, 0.717) is 6.04 Å². The molecule has 1 aromatic rings. The summed E-state index contributed by atoms with van der Waals surface area (Å²) >= 11 is 6.38. The molecule has 3 nitrogen and oxygen atoms in total. The maximum atomic E-state index is 6.38. The van der Waals surface area contributed by atoms with Gasteiger partial charge in [0.1, 0.15) is 0 Å². The lowest BCUT2D eigenvalue weighted by Crippen LogP contribution is -2.36. The van der Waals surface area contributed by atoms with E-state index >= 15 is 0 Å². The summed E-state index contributed by atoms with van der Waals surface area (Å²) in [6, 6.07) is 6.66. The van der Waals surface area contributed by atoms with E-state index in [1.54, 1.807) is 0 Å². The Balaban J connectivity index is 2.17. The van der Waals surface area contributed by atoms with Gasteiger partial charge in [0, 0.05) is 20.2 Å². The highest BCUT2D eigenvalue weighted by molar-refractivity contribution is 6.33. The van der Waals surface area contributed by atoms with Crippen molar-refractivity contribution in [3.63, 3.8) is 0 Å². The van der Waals surface area contributed by atoms with Crippen molar-refractivity contribution in [2.75, 3.05) is 25.6 Å². The van der Waals surface area contributed by atoms with E-state index in [2.05, 4.69) is 36.3 Å². The molecule has 4 heteroatoms. The van der Waals surface area contributed by atoms with Crippen LogP contribution in [0.1, 0.15) is 18.9 Å². The maximum absolute atomic E-state index is 6.38. The van der Waals surface area contributed by atoms with Gasteiger partial charge in [-0.3, -0.25) is 0 Å². The first-order valence-electron chi connectivity index (χ1n) is 6.41. The van der Waals surface area contributed by atoms with Crippen LogP contribution in [0.25, 0.3) is 0 Å². The molecule has 2 atom stereocenters. The molecular formula is C14H21ClN2O. The zero-order valence-corrected chi connectivity index (χ0v) is 12.0. The second kappa shape index (κ2) is 5.91. The summed E-state index contributed by atoms with van der Waals surface area (Å²) in [4.78, 5) is 2.24. The van der Waals surface area contributed by atoms with Crippen LogP contribution in [-0.2, 0) is 11.3 Å². The number of ether oxygens (including phenoxy) is 1. The van der Waals surface area contributed by atoms with E-state index in [1.807, 2.05) is 13.1 Å². The fourth-order valence-corrected chi connectivity index (χ4v) is 2.89. The average molecular weight is 269 g/mol. The molecule has 18 heavy (non-hydrogen) atoms. The van der Waals surface area contributed by atoms with Crippen molar-refractivity contribution in [3.8, 4) is 0 Å². The normalized spacial score (nSPS) is 23.3. The Bertz CT molecular complexity index is 411. The van der Waals surface area contributed by atoms with Crippen LogP contribution < -0.4 is 10.2 Å². The van der Waals surface area contributed by atoms with Gasteiger partial charge in [0.15, 0.2) is 0 Å². The average Bonchev–Trinajstić information content (AvgIpc) is 2.75. The smallest absolute Gasteiger partial charge is 0.0750 e. The molecule has 0 aliphatic carbocycles. The Morgan fingerprint density at radius 3 is 2.83 bits per heavy atom. The molecule has 0 saturated carbocycles. The molecule has 0 amide bonds. The van der Waals surface area contributed by atoms with Gasteiger partial charge in [0.05, 0.1) is 22.9 Å². The third-order valence-electron chi connectivity index (χ3n) is 3.61. The zero-order valence-electron chi connectivity index (χ0n) is 11.2. The van der Waals surface area contributed by atoms with Crippen molar-refractivity contribution < 1.29 is 4.74 Å². The molecule has 0 radical (unpaired) electrons. The third-order valence-corrected chi connectivity index (χ3v) is 3.91. The lowest BCUT2D eigenvalue weighted by atomic mass is 10.1. The standard InChI is InChI=1S/C14H21ClN2O/c1-10-13(6-7-18-10)17(3)14-5-4-11(9-16-2)8-12(14)15/h4-5,8,10,13,16H,6-7,9H2,1-3H3. The lowest BCUT2D eigenvalue weighted by Gasteiger charge is -2.29. The van der Waals surface area contributed by atoms with Crippen molar-refractivity contribution in [1.82, 2.24) is 5.32 Å². The van der Waals surface area contributed by atoms with E-state index in [4.69, 9.17) is 16.3 Å². The van der Waals surface area contributed by atoms with Crippen LogP contribution in [0.3, 0.4) is 0 Å². The number of hydrogen-bond donors (Lipinski definition) is 1. The first-order chi connectivity index (χ1) is 8.63. The van der Waals surface area contributed by atoms with Gasteiger partial charge >= 0.3 is 0 Å². The molecule has 0 aromatic heterocycles. The van der Waals surface area contributed by atoms with Gasteiger partial charge in [-0.2, -0.15) is 0 Å². The fraction of sp³-hybridized carbons (Fsp3) is 0.571. The molecule has 1 aliphatic rings. The Hall–Kier alpha value is -0.770. The summed E-state index contributed by atoms with van der Waals surface area (Å²) in [6.07, 6.45) is 1.33. The molecular weight excluding hydrogens is 248 g/mol. The molecule has 0 spiro atoms. The molecule has 1 aromatic carbocycles. The highest BCUT2D eigenvalue weighted by Gasteiger charge is 2.28. The maximum Gasteiger partial charge on any atom is 0.0750 e. The second-order valence-corrected chi connectivity index (χ2v) is 5.27. The molecule has 1 heterocycles. The minimum atomic E-state index is 0.267. The monoisotopic (exact) mass is 268 g/mol. The number of likely N-dealkylation sites (N-methyl/N-ethyl adjacent to an activating group) is 1. The largest absolute Gasteiger partial charge is 0.376 e. The van der Waals surface area contributed by atoms with Gasteiger partial charge in [0.25, 0.3) is 0 Å². The van der Waals surface area contributed by atoms with Crippen molar-refractivity contribution in [2.24, 2.45) is 0 Å². The van der Waals surface area contributed by atoms with Crippen molar-refractivity contribution in [1.29, 1.82) is 0 Å². The number of halogens is 1. The molecule has 1 N–H and O–H groups in total.